The molecule has 0 radical (unpaired) electrons. The van der Waals surface area contributed by atoms with Crippen molar-refractivity contribution in [2.45, 2.75) is 17.4 Å². The highest BCUT2D eigenvalue weighted by Gasteiger charge is 2.28. The van der Waals surface area contributed by atoms with Crippen LogP contribution in [0.2, 0.25) is 0 Å². The summed E-state index contributed by atoms with van der Waals surface area (Å²) in [5.74, 6) is 0. The number of aromatic nitrogens is 1. The molecule has 1 atom stereocenters. The van der Waals surface area contributed by atoms with E-state index in [9.17, 15) is 8.42 Å². The molecule has 1 aromatic carbocycles. The van der Waals surface area contributed by atoms with Gasteiger partial charge in [0.05, 0.1) is 11.9 Å². The number of fused-ring (bicyclic) bond motifs is 1. The molecule has 98 valence electrons. The molecule has 0 aliphatic rings. The Morgan fingerprint density at radius 1 is 1.50 bits per heavy atom. The molecule has 6 nitrogen and oxygen atoms in total. The predicted molar refractivity (Wildman–Crippen MR) is 66.9 cm³/mol. The van der Waals surface area contributed by atoms with E-state index in [2.05, 4.69) is 4.98 Å². The SMILES string of the molecule is COCC(C)S(=O)(=O)c1nc2ccc(N)cc2o1. The van der Waals surface area contributed by atoms with E-state index in [1.165, 1.54) is 7.11 Å². The smallest absolute Gasteiger partial charge is 0.316 e. The summed E-state index contributed by atoms with van der Waals surface area (Å²) in [5, 5.41) is -1.01. The van der Waals surface area contributed by atoms with Gasteiger partial charge in [0.15, 0.2) is 5.58 Å². The minimum atomic E-state index is -3.62. The van der Waals surface area contributed by atoms with E-state index in [1.807, 2.05) is 0 Å². The summed E-state index contributed by atoms with van der Waals surface area (Å²) < 4.78 is 34.3. The zero-order valence-electron chi connectivity index (χ0n) is 10.1. The number of oxazole rings is 1. The van der Waals surface area contributed by atoms with Gasteiger partial charge in [0.25, 0.3) is 0 Å². The zero-order valence-corrected chi connectivity index (χ0v) is 10.9. The van der Waals surface area contributed by atoms with Gasteiger partial charge in [0.1, 0.15) is 5.52 Å². The minimum absolute atomic E-state index is 0.0865. The van der Waals surface area contributed by atoms with Crippen molar-refractivity contribution >= 4 is 26.6 Å². The molecular weight excluding hydrogens is 256 g/mol. The Bertz CT molecular complexity index is 663. The van der Waals surface area contributed by atoms with Crippen LogP contribution in [0, 0.1) is 0 Å². The van der Waals surface area contributed by atoms with Gasteiger partial charge in [-0.2, -0.15) is 4.98 Å². The van der Waals surface area contributed by atoms with E-state index in [-0.39, 0.29) is 11.8 Å². The van der Waals surface area contributed by atoms with Crippen LogP contribution in [-0.2, 0) is 14.6 Å². The minimum Gasteiger partial charge on any atom is -0.428 e. The van der Waals surface area contributed by atoms with Crippen LogP contribution in [0.3, 0.4) is 0 Å². The first-order valence-electron chi connectivity index (χ1n) is 5.34. The summed E-state index contributed by atoms with van der Waals surface area (Å²) >= 11 is 0. The first-order valence-corrected chi connectivity index (χ1v) is 6.88. The Hall–Kier alpha value is -1.60. The van der Waals surface area contributed by atoms with E-state index in [4.69, 9.17) is 14.9 Å². The average molecular weight is 270 g/mol. The number of ether oxygens (including phenoxy) is 1. The monoisotopic (exact) mass is 270 g/mol. The van der Waals surface area contributed by atoms with Crippen LogP contribution in [0.5, 0.6) is 0 Å². The van der Waals surface area contributed by atoms with E-state index in [0.29, 0.717) is 16.8 Å². The third-order valence-corrected chi connectivity index (χ3v) is 4.42. The summed E-state index contributed by atoms with van der Waals surface area (Å²) in [6, 6.07) is 4.80. The van der Waals surface area contributed by atoms with Gasteiger partial charge in [-0.3, -0.25) is 0 Å². The number of sulfone groups is 1. The van der Waals surface area contributed by atoms with Crippen molar-refractivity contribution in [3.05, 3.63) is 18.2 Å². The second-order valence-electron chi connectivity index (χ2n) is 4.02. The average Bonchev–Trinajstić information content (AvgIpc) is 2.72. The van der Waals surface area contributed by atoms with Crippen LogP contribution in [0.25, 0.3) is 11.1 Å². The molecule has 7 heteroatoms. The number of nitrogens with two attached hydrogens (primary N) is 1. The number of anilines is 1. The third kappa shape index (κ3) is 2.19. The van der Waals surface area contributed by atoms with Gasteiger partial charge in [-0.1, -0.05) is 0 Å². The molecular formula is C11H14N2O4S. The maximum absolute atomic E-state index is 12.1. The van der Waals surface area contributed by atoms with Crippen LogP contribution in [0.4, 0.5) is 5.69 Å². The maximum atomic E-state index is 12.1. The Balaban J connectivity index is 2.48. The molecule has 0 bridgehead atoms. The van der Waals surface area contributed by atoms with Gasteiger partial charge < -0.3 is 14.9 Å². The van der Waals surface area contributed by atoms with Crippen LogP contribution < -0.4 is 5.73 Å². The summed E-state index contributed by atoms with van der Waals surface area (Å²) in [6.45, 7) is 1.63. The van der Waals surface area contributed by atoms with E-state index in [1.54, 1.807) is 25.1 Å². The number of hydrogen-bond acceptors (Lipinski definition) is 6. The molecule has 2 N–H and O–H groups in total. The van der Waals surface area contributed by atoms with Gasteiger partial charge in [-0.25, -0.2) is 8.42 Å². The summed E-state index contributed by atoms with van der Waals surface area (Å²) in [5.41, 5.74) is 6.91. The van der Waals surface area contributed by atoms with Crippen LogP contribution >= 0.6 is 0 Å². The first kappa shape index (κ1) is 12.8. The first-order chi connectivity index (χ1) is 8.45. The third-order valence-electron chi connectivity index (χ3n) is 2.57. The summed E-state index contributed by atoms with van der Waals surface area (Å²) in [7, 11) is -2.18. The number of nitrogen functional groups attached to an aromatic ring is 1. The number of nitrogens with zero attached hydrogens (tertiary/aromatic N) is 1. The van der Waals surface area contributed by atoms with Gasteiger partial charge >= 0.3 is 5.22 Å². The van der Waals surface area contributed by atoms with Crippen molar-refractivity contribution in [1.29, 1.82) is 0 Å². The Labute approximate surface area is 105 Å². The molecule has 0 aliphatic heterocycles. The van der Waals surface area contributed by atoms with Gasteiger partial charge in [0, 0.05) is 18.9 Å². The zero-order chi connectivity index (χ0) is 13.3. The number of hydrogen-bond donors (Lipinski definition) is 1. The Morgan fingerprint density at radius 3 is 2.89 bits per heavy atom. The fraction of sp³-hybridized carbons (Fsp3) is 0.364. The van der Waals surface area contributed by atoms with Crippen LogP contribution in [-0.4, -0.2) is 32.4 Å². The lowest BCUT2D eigenvalue weighted by Crippen LogP contribution is -2.23. The molecule has 2 rings (SSSR count). The van der Waals surface area contributed by atoms with Crippen molar-refractivity contribution < 1.29 is 17.6 Å². The van der Waals surface area contributed by atoms with E-state index < -0.39 is 15.1 Å². The van der Waals surface area contributed by atoms with Gasteiger partial charge in [0.2, 0.25) is 9.84 Å². The molecule has 2 aromatic rings. The molecule has 0 fully saturated rings. The maximum Gasteiger partial charge on any atom is 0.316 e. The Morgan fingerprint density at radius 2 is 2.22 bits per heavy atom. The molecule has 1 heterocycles. The fourth-order valence-corrected chi connectivity index (χ4v) is 2.63. The van der Waals surface area contributed by atoms with E-state index >= 15 is 0 Å². The quantitative estimate of drug-likeness (QED) is 0.839. The predicted octanol–water partition coefficient (Wildman–Crippen LogP) is 1.22. The van der Waals surface area contributed by atoms with E-state index in [0.717, 1.165) is 0 Å². The van der Waals surface area contributed by atoms with Crippen molar-refractivity contribution in [3.8, 4) is 0 Å². The molecule has 0 amide bonds. The van der Waals surface area contributed by atoms with Gasteiger partial charge in [-0.15, -0.1) is 0 Å². The van der Waals surface area contributed by atoms with Crippen molar-refractivity contribution in [2.24, 2.45) is 0 Å². The lowest BCUT2D eigenvalue weighted by molar-refractivity contribution is 0.199. The lowest BCUT2D eigenvalue weighted by atomic mass is 10.3. The topological polar surface area (TPSA) is 95.4 Å². The molecule has 18 heavy (non-hydrogen) atoms. The molecule has 1 aromatic heterocycles. The van der Waals surface area contributed by atoms with Crippen molar-refractivity contribution in [3.63, 3.8) is 0 Å². The largest absolute Gasteiger partial charge is 0.428 e. The molecule has 0 saturated carbocycles. The highest BCUT2D eigenvalue weighted by molar-refractivity contribution is 7.91. The second kappa shape index (κ2) is 4.58. The van der Waals surface area contributed by atoms with Crippen molar-refractivity contribution in [1.82, 2.24) is 4.98 Å². The summed E-state index contributed by atoms with van der Waals surface area (Å²) in [4.78, 5) is 3.96. The molecule has 0 saturated heterocycles. The molecule has 0 aliphatic carbocycles. The molecule has 1 unspecified atom stereocenters. The van der Waals surface area contributed by atoms with Crippen LogP contribution in [0.1, 0.15) is 6.92 Å². The fourth-order valence-electron chi connectivity index (χ4n) is 1.54. The summed E-state index contributed by atoms with van der Waals surface area (Å²) in [6.07, 6.45) is 0. The molecule has 0 spiro atoms. The highest BCUT2D eigenvalue weighted by Crippen LogP contribution is 2.23. The Kier molecular flexibility index (Phi) is 3.27. The van der Waals surface area contributed by atoms with Crippen LogP contribution in [0.15, 0.2) is 27.8 Å². The number of methoxy groups -OCH3 is 1. The lowest BCUT2D eigenvalue weighted by Gasteiger charge is -2.07. The van der Waals surface area contributed by atoms with Gasteiger partial charge in [-0.05, 0) is 19.1 Å². The van der Waals surface area contributed by atoms with Crippen molar-refractivity contribution in [2.75, 3.05) is 19.5 Å². The highest BCUT2D eigenvalue weighted by atomic mass is 32.2. The number of benzene rings is 1. The normalized spacial score (nSPS) is 13.9. The second-order valence-corrected chi connectivity index (χ2v) is 6.26. The number of rotatable bonds is 4. The standard InChI is InChI=1S/C11H14N2O4S/c1-7(6-16-2)18(14,15)11-13-9-4-3-8(12)5-10(9)17-11/h3-5,7H,6,12H2,1-2H3.